The summed E-state index contributed by atoms with van der Waals surface area (Å²) in [7, 11) is 3.01. The van der Waals surface area contributed by atoms with E-state index in [-0.39, 0.29) is 52.2 Å². The number of methoxy groups -OCH3 is 2. The number of hydrogen-bond donors (Lipinski definition) is 4. The third-order valence-corrected chi connectivity index (χ3v) is 10.2. The second-order valence-corrected chi connectivity index (χ2v) is 13.7. The Labute approximate surface area is 313 Å². The predicted octanol–water partition coefficient (Wildman–Crippen LogP) is 3.98. The van der Waals surface area contributed by atoms with E-state index in [0.717, 1.165) is 33.4 Å². The van der Waals surface area contributed by atoms with E-state index in [1.165, 1.54) is 14.2 Å². The molecule has 14 heteroatoms. The van der Waals surface area contributed by atoms with Gasteiger partial charge in [0.05, 0.1) is 26.4 Å². The van der Waals surface area contributed by atoms with E-state index < -0.39 is 36.2 Å². The van der Waals surface area contributed by atoms with Gasteiger partial charge in [-0.15, -0.1) is 0 Å². The number of likely N-dealkylation sites (tertiary alicyclic amines) is 2. The number of ether oxygens (including phenoxy) is 4. The van der Waals surface area contributed by atoms with Gasteiger partial charge < -0.3 is 39.4 Å². The molecule has 4 heterocycles. The van der Waals surface area contributed by atoms with Crippen molar-refractivity contribution in [1.82, 2.24) is 19.8 Å². The number of hydrogen-bond acceptors (Lipinski definition) is 12. The molecule has 0 bridgehead atoms. The maximum atomic E-state index is 11.7. The molecule has 0 radical (unpaired) electrons. The fraction of sp³-hybridized carbons (Fsp3) is 0.400. The molecule has 2 aliphatic rings. The quantitative estimate of drug-likeness (QED) is 0.137. The molecule has 0 aliphatic carbocycles. The Balaban J connectivity index is 1.11. The first-order valence-corrected chi connectivity index (χ1v) is 17.8. The van der Waals surface area contributed by atoms with Gasteiger partial charge in [-0.2, -0.15) is 9.97 Å². The molecular formula is C40H46N4O10. The third-order valence-electron chi connectivity index (χ3n) is 10.2. The standard InChI is InChI=1S/C40H46N4O10/c1-23-27(21-53-35-13-11-25(37(41-35)51-3)17-43-19-29(45)15-33(43)39(47)48)7-5-9-31(23)32-10-6-8-28(24(32)2)22-54-36-14-12-26(38(42-36)52-4)18-44-20-30(46)16-34(44)40(49)50/h5-14,29-30,33-34,45-46H,15-22H2,1-4H3,(H,47,48)(H,49,50)/t29-,30-,33-,34-/m0/s1. The zero-order valence-electron chi connectivity index (χ0n) is 30.8. The third kappa shape index (κ3) is 8.57. The number of aliphatic carboxylic acids is 2. The second kappa shape index (κ2) is 16.8. The number of nitrogens with zero attached hydrogens (tertiary/aromatic N) is 4. The molecule has 6 rings (SSSR count). The average molecular weight is 743 g/mol. The molecule has 2 saturated heterocycles. The van der Waals surface area contributed by atoms with Crippen LogP contribution < -0.4 is 18.9 Å². The highest BCUT2D eigenvalue weighted by Gasteiger charge is 2.37. The van der Waals surface area contributed by atoms with Crippen LogP contribution in [0.2, 0.25) is 0 Å². The molecule has 2 fully saturated rings. The zero-order valence-corrected chi connectivity index (χ0v) is 30.8. The van der Waals surface area contributed by atoms with Crippen LogP contribution in [0, 0.1) is 13.8 Å². The summed E-state index contributed by atoms with van der Waals surface area (Å²) in [6.07, 6.45) is -1.04. The summed E-state index contributed by atoms with van der Waals surface area (Å²) in [5.74, 6) is -0.542. The van der Waals surface area contributed by atoms with Crippen LogP contribution >= 0.6 is 0 Å². The lowest BCUT2D eigenvalue weighted by Crippen LogP contribution is -2.35. The number of aliphatic hydroxyl groups excluding tert-OH is 2. The molecule has 286 valence electrons. The predicted molar refractivity (Wildman–Crippen MR) is 197 cm³/mol. The van der Waals surface area contributed by atoms with Crippen molar-refractivity contribution in [2.24, 2.45) is 0 Å². The van der Waals surface area contributed by atoms with Gasteiger partial charge in [-0.05, 0) is 59.4 Å². The summed E-state index contributed by atoms with van der Waals surface area (Å²) in [5, 5.41) is 39.2. The summed E-state index contributed by atoms with van der Waals surface area (Å²) in [6, 6.07) is 17.7. The van der Waals surface area contributed by atoms with Crippen LogP contribution in [0.1, 0.15) is 46.2 Å². The van der Waals surface area contributed by atoms with Gasteiger partial charge in [0, 0.05) is 62.3 Å². The van der Waals surface area contributed by atoms with Crippen molar-refractivity contribution < 1.29 is 49.0 Å². The maximum Gasteiger partial charge on any atom is 0.321 e. The van der Waals surface area contributed by atoms with Crippen molar-refractivity contribution in [1.29, 1.82) is 0 Å². The molecule has 2 aliphatic heterocycles. The molecule has 0 unspecified atom stereocenters. The summed E-state index contributed by atoms with van der Waals surface area (Å²) in [4.78, 5) is 35.8. The smallest absolute Gasteiger partial charge is 0.321 e. The first-order chi connectivity index (χ1) is 25.9. The summed E-state index contributed by atoms with van der Waals surface area (Å²) in [5.41, 5.74) is 7.54. The zero-order chi connectivity index (χ0) is 38.5. The van der Waals surface area contributed by atoms with Gasteiger partial charge in [0.25, 0.3) is 0 Å². The van der Waals surface area contributed by atoms with Crippen molar-refractivity contribution in [3.05, 3.63) is 94.0 Å². The van der Waals surface area contributed by atoms with Gasteiger partial charge in [0.15, 0.2) is 0 Å². The Bertz CT molecular complexity index is 1850. The van der Waals surface area contributed by atoms with Gasteiger partial charge in [-0.25, -0.2) is 0 Å². The fourth-order valence-electron chi connectivity index (χ4n) is 7.29. The number of carboxylic acids is 2. The first kappa shape index (κ1) is 38.4. The van der Waals surface area contributed by atoms with Crippen LogP contribution in [-0.2, 0) is 35.9 Å². The maximum absolute atomic E-state index is 11.7. The van der Waals surface area contributed by atoms with E-state index in [1.807, 2.05) is 36.4 Å². The van der Waals surface area contributed by atoms with E-state index in [9.17, 15) is 30.0 Å². The minimum absolute atomic E-state index is 0.178. The lowest BCUT2D eigenvalue weighted by atomic mass is 9.92. The summed E-state index contributed by atoms with van der Waals surface area (Å²) >= 11 is 0. The monoisotopic (exact) mass is 742 g/mol. The Morgan fingerprint density at radius 2 is 1.06 bits per heavy atom. The molecule has 0 spiro atoms. The van der Waals surface area contributed by atoms with Crippen molar-refractivity contribution >= 4 is 11.9 Å². The molecule has 54 heavy (non-hydrogen) atoms. The lowest BCUT2D eigenvalue weighted by Gasteiger charge is -2.22. The van der Waals surface area contributed by atoms with E-state index in [2.05, 4.69) is 35.9 Å². The number of aromatic nitrogens is 2. The van der Waals surface area contributed by atoms with Crippen molar-refractivity contribution in [3.8, 4) is 34.6 Å². The number of β-amino-alcohol motifs (C(OH)–C–C–N with tert-alkyl or cyclic N) is 2. The number of rotatable bonds is 15. The number of benzene rings is 2. The van der Waals surface area contributed by atoms with Gasteiger partial charge >= 0.3 is 11.9 Å². The molecule has 2 aromatic carbocycles. The van der Waals surface area contributed by atoms with Crippen molar-refractivity contribution in [2.45, 2.75) is 77.3 Å². The highest BCUT2D eigenvalue weighted by atomic mass is 16.5. The summed E-state index contributed by atoms with van der Waals surface area (Å²) in [6.45, 7) is 5.68. The molecular weight excluding hydrogens is 696 g/mol. The van der Waals surface area contributed by atoms with E-state index in [0.29, 0.717) is 34.6 Å². The van der Waals surface area contributed by atoms with Crippen LogP contribution in [0.25, 0.3) is 11.1 Å². The fourth-order valence-corrected chi connectivity index (χ4v) is 7.29. The number of carbonyl (C=O) groups is 2. The Morgan fingerprint density at radius 3 is 1.43 bits per heavy atom. The van der Waals surface area contributed by atoms with Crippen LogP contribution in [0.5, 0.6) is 23.5 Å². The van der Waals surface area contributed by atoms with Gasteiger partial charge in [0.1, 0.15) is 25.3 Å². The van der Waals surface area contributed by atoms with Crippen molar-refractivity contribution in [3.63, 3.8) is 0 Å². The van der Waals surface area contributed by atoms with Crippen molar-refractivity contribution in [2.75, 3.05) is 27.3 Å². The van der Waals surface area contributed by atoms with Crippen LogP contribution in [-0.4, -0.2) is 104 Å². The average Bonchev–Trinajstić information content (AvgIpc) is 3.72. The normalized spacial score (nSPS) is 20.2. The SMILES string of the molecule is COc1nc(OCc2cccc(-c3cccc(COc4ccc(CN5C[C@@H](O)C[C@H]5C(=O)O)c(OC)n4)c3C)c2C)ccc1CN1C[C@@H](O)C[C@H]1C(=O)O. The molecule has 2 aromatic heterocycles. The largest absolute Gasteiger partial charge is 0.481 e. The van der Waals surface area contributed by atoms with Crippen LogP contribution in [0.3, 0.4) is 0 Å². The molecule has 14 nitrogen and oxygen atoms in total. The van der Waals surface area contributed by atoms with Crippen LogP contribution in [0.4, 0.5) is 0 Å². The highest BCUT2D eigenvalue weighted by Crippen LogP contribution is 2.33. The molecule has 4 aromatic rings. The Kier molecular flexibility index (Phi) is 12.0. The first-order valence-electron chi connectivity index (χ1n) is 17.8. The van der Waals surface area contributed by atoms with Gasteiger partial charge in [-0.1, -0.05) is 36.4 Å². The van der Waals surface area contributed by atoms with Gasteiger partial charge in [0.2, 0.25) is 23.5 Å². The molecule has 0 amide bonds. The van der Waals surface area contributed by atoms with E-state index >= 15 is 0 Å². The minimum Gasteiger partial charge on any atom is -0.481 e. The number of aliphatic hydroxyl groups is 2. The second-order valence-electron chi connectivity index (χ2n) is 13.7. The van der Waals surface area contributed by atoms with Gasteiger partial charge in [-0.3, -0.25) is 19.4 Å². The number of carboxylic acid groups (broad SMARTS) is 2. The summed E-state index contributed by atoms with van der Waals surface area (Å²) < 4.78 is 23.3. The van der Waals surface area contributed by atoms with E-state index in [1.54, 1.807) is 21.9 Å². The van der Waals surface area contributed by atoms with Crippen LogP contribution in [0.15, 0.2) is 60.7 Å². The Hall–Kier alpha value is -5.28. The van der Waals surface area contributed by atoms with E-state index in [4.69, 9.17) is 18.9 Å². The lowest BCUT2D eigenvalue weighted by molar-refractivity contribution is -0.143. The topological polar surface area (TPSA) is 184 Å². The molecule has 4 atom stereocenters. The molecule has 0 saturated carbocycles. The minimum atomic E-state index is -0.969. The highest BCUT2D eigenvalue weighted by molar-refractivity contribution is 5.75. The number of pyridine rings is 2. The Morgan fingerprint density at radius 1 is 0.648 bits per heavy atom. The molecule has 4 N–H and O–H groups in total.